The Balaban J connectivity index is 0.00000124. The standard InChI is InChI=1S/C23H21ClF5N7O2.CH2O2/c1-35-16(14-8-36(9-17(25)26)34-19(14)23(27,28)29)7-31-20(35)22(38)32-10-2-3-11(15(24)4-10)21(37)33-18-12-5-30-6-13(12)18;2-1-3/h2-4,7-8,12-13,17-18,30H,5-6,9H2,1H3,(H,32,38)(H,33,37);1H,(H,2,3)/t12-,13+,18+;. The summed E-state index contributed by atoms with van der Waals surface area (Å²) in [5, 5.41) is 19.0. The zero-order chi connectivity index (χ0) is 30.1. The molecule has 17 heteroatoms. The lowest BCUT2D eigenvalue weighted by molar-refractivity contribution is -0.141. The number of anilines is 1. The Morgan fingerprint density at radius 1 is 1.24 bits per heavy atom. The van der Waals surface area contributed by atoms with Crippen molar-refractivity contribution >= 4 is 35.6 Å². The molecule has 1 aliphatic carbocycles. The molecule has 2 fully saturated rings. The number of nitrogens with one attached hydrogen (secondary N) is 3. The van der Waals surface area contributed by atoms with Crippen molar-refractivity contribution in [2.45, 2.75) is 25.2 Å². The maximum atomic E-state index is 13.5. The smallest absolute Gasteiger partial charge is 0.435 e. The highest BCUT2D eigenvalue weighted by atomic mass is 35.5. The first-order valence-corrected chi connectivity index (χ1v) is 12.4. The maximum Gasteiger partial charge on any atom is 0.435 e. The summed E-state index contributed by atoms with van der Waals surface area (Å²) < 4.78 is 67.6. The molecule has 220 valence electrons. The molecule has 2 aromatic heterocycles. The van der Waals surface area contributed by atoms with Gasteiger partial charge >= 0.3 is 6.18 Å². The minimum absolute atomic E-state index is 0.103. The van der Waals surface area contributed by atoms with Crippen LogP contribution in [-0.2, 0) is 24.6 Å². The first-order valence-electron chi connectivity index (χ1n) is 12.0. The molecule has 0 radical (unpaired) electrons. The molecule has 11 nitrogen and oxygen atoms in total. The zero-order valence-electron chi connectivity index (χ0n) is 21.1. The minimum atomic E-state index is -4.92. The Morgan fingerprint density at radius 2 is 1.90 bits per heavy atom. The zero-order valence-corrected chi connectivity index (χ0v) is 21.9. The number of amides is 2. The van der Waals surface area contributed by atoms with Gasteiger partial charge in [-0.05, 0) is 30.0 Å². The SMILES string of the molecule is Cn1c(-c2cn(CC(F)F)nc2C(F)(F)F)cnc1C(=O)Nc1ccc(C(=O)N[C@H]2[C@@H]3CNC[C@@H]32)c(Cl)c1.O=CO. The first kappa shape index (κ1) is 29.9. The molecule has 0 bridgehead atoms. The predicted molar refractivity (Wildman–Crippen MR) is 135 cm³/mol. The van der Waals surface area contributed by atoms with Crippen LogP contribution < -0.4 is 16.0 Å². The van der Waals surface area contributed by atoms with Crippen molar-refractivity contribution in [3.05, 3.63) is 52.7 Å². The summed E-state index contributed by atoms with van der Waals surface area (Å²) >= 11 is 6.28. The molecule has 2 amide bonds. The molecule has 3 aromatic rings. The number of rotatable bonds is 7. The number of aromatic nitrogens is 4. The number of fused-ring (bicyclic) bond motifs is 1. The molecule has 0 spiro atoms. The number of alkyl halides is 5. The number of piperidine rings is 1. The summed E-state index contributed by atoms with van der Waals surface area (Å²) in [6.07, 6.45) is -5.97. The van der Waals surface area contributed by atoms with Crippen molar-refractivity contribution in [1.82, 2.24) is 30.0 Å². The van der Waals surface area contributed by atoms with E-state index in [-0.39, 0.29) is 46.2 Å². The topological polar surface area (TPSA) is 143 Å². The fourth-order valence-electron chi connectivity index (χ4n) is 4.75. The summed E-state index contributed by atoms with van der Waals surface area (Å²) in [5.74, 6) is -0.496. The highest BCUT2D eigenvalue weighted by molar-refractivity contribution is 6.34. The predicted octanol–water partition coefficient (Wildman–Crippen LogP) is 3.12. The number of carbonyl (C=O) groups excluding carboxylic acids is 2. The largest absolute Gasteiger partial charge is 0.483 e. The Hall–Kier alpha value is -4.05. The summed E-state index contributed by atoms with van der Waals surface area (Å²) in [6, 6.07) is 4.41. The van der Waals surface area contributed by atoms with Gasteiger partial charge in [0.2, 0.25) is 0 Å². The number of carbonyl (C=O) groups is 3. The monoisotopic (exact) mass is 603 g/mol. The average Bonchev–Trinajstić information content (AvgIpc) is 3.31. The second-order valence-electron chi connectivity index (χ2n) is 9.27. The average molecular weight is 604 g/mol. The summed E-state index contributed by atoms with van der Waals surface area (Å²) in [6.45, 7) is 0.444. The number of hydrogen-bond donors (Lipinski definition) is 4. The lowest BCUT2D eigenvalue weighted by Gasteiger charge is -2.11. The van der Waals surface area contributed by atoms with Gasteiger partial charge in [0.1, 0.15) is 6.54 Å². The number of carboxylic acid groups (broad SMARTS) is 1. The number of nitrogens with zero attached hydrogens (tertiary/aromatic N) is 4. The lowest BCUT2D eigenvalue weighted by Crippen LogP contribution is -2.32. The Bertz CT molecular complexity index is 1450. The molecule has 1 aliphatic heterocycles. The second kappa shape index (κ2) is 11.8. The van der Waals surface area contributed by atoms with Gasteiger partial charge in [-0.2, -0.15) is 18.3 Å². The van der Waals surface area contributed by atoms with Crippen molar-refractivity contribution in [2.24, 2.45) is 18.9 Å². The van der Waals surface area contributed by atoms with Gasteiger partial charge in [-0.15, -0.1) is 0 Å². The van der Waals surface area contributed by atoms with Gasteiger partial charge in [0.25, 0.3) is 24.7 Å². The third-order valence-electron chi connectivity index (χ3n) is 6.68. The third kappa shape index (κ3) is 6.48. The minimum Gasteiger partial charge on any atom is -0.483 e. The van der Waals surface area contributed by atoms with E-state index in [1.807, 2.05) is 0 Å². The summed E-state index contributed by atoms with van der Waals surface area (Å²) in [7, 11) is 1.31. The van der Waals surface area contributed by atoms with Gasteiger partial charge in [0.05, 0.1) is 28.0 Å². The van der Waals surface area contributed by atoms with Crippen LogP contribution >= 0.6 is 11.6 Å². The van der Waals surface area contributed by atoms with Crippen LogP contribution in [-0.4, -0.2) is 68.3 Å². The molecular formula is C24H23ClF5N7O4. The van der Waals surface area contributed by atoms with Crippen LogP contribution in [0.4, 0.5) is 27.6 Å². The van der Waals surface area contributed by atoms with Crippen molar-refractivity contribution in [3.63, 3.8) is 0 Å². The van der Waals surface area contributed by atoms with Crippen molar-refractivity contribution < 1.29 is 41.4 Å². The van der Waals surface area contributed by atoms with Gasteiger partial charge < -0.3 is 25.6 Å². The fourth-order valence-corrected chi connectivity index (χ4v) is 5.02. The van der Waals surface area contributed by atoms with Gasteiger partial charge in [-0.25, -0.2) is 13.8 Å². The molecule has 1 aromatic carbocycles. The fraction of sp³-hybridized carbons (Fsp3) is 0.375. The quantitative estimate of drug-likeness (QED) is 0.240. The molecule has 4 N–H and O–H groups in total. The van der Waals surface area contributed by atoms with Crippen molar-refractivity contribution in [1.29, 1.82) is 0 Å². The van der Waals surface area contributed by atoms with Crippen LogP contribution in [0.5, 0.6) is 0 Å². The number of benzene rings is 1. The van der Waals surface area contributed by atoms with Crippen LogP contribution in [0.2, 0.25) is 5.02 Å². The molecule has 5 rings (SSSR count). The molecule has 3 heterocycles. The van der Waals surface area contributed by atoms with Crippen LogP contribution in [0.15, 0.2) is 30.6 Å². The number of imidazole rings is 1. The number of hydrogen-bond acceptors (Lipinski definition) is 6. The van der Waals surface area contributed by atoms with E-state index < -0.39 is 36.3 Å². The molecule has 0 unspecified atom stereocenters. The van der Waals surface area contributed by atoms with E-state index in [4.69, 9.17) is 21.5 Å². The third-order valence-corrected chi connectivity index (χ3v) is 7.00. The van der Waals surface area contributed by atoms with Crippen LogP contribution in [0, 0.1) is 11.8 Å². The van der Waals surface area contributed by atoms with E-state index in [1.165, 1.54) is 25.2 Å². The van der Waals surface area contributed by atoms with Gasteiger partial charge in [0.15, 0.2) is 11.5 Å². The van der Waals surface area contributed by atoms with Crippen molar-refractivity contribution in [3.8, 4) is 11.3 Å². The normalized spacial score (nSPS) is 19.3. The Morgan fingerprint density at radius 3 is 2.49 bits per heavy atom. The molecular weight excluding hydrogens is 581 g/mol. The van der Waals surface area contributed by atoms with E-state index in [0.29, 0.717) is 16.5 Å². The van der Waals surface area contributed by atoms with E-state index in [0.717, 1.165) is 30.1 Å². The van der Waals surface area contributed by atoms with Gasteiger partial charge in [-0.3, -0.25) is 19.1 Å². The Labute approximate surface area is 233 Å². The molecule has 1 saturated heterocycles. The van der Waals surface area contributed by atoms with E-state index in [9.17, 15) is 31.5 Å². The van der Waals surface area contributed by atoms with E-state index in [2.05, 4.69) is 26.0 Å². The summed E-state index contributed by atoms with van der Waals surface area (Å²) in [5.41, 5.74) is -1.55. The molecule has 3 atom stereocenters. The Kier molecular flexibility index (Phi) is 8.63. The molecule has 41 heavy (non-hydrogen) atoms. The molecule has 1 saturated carbocycles. The van der Waals surface area contributed by atoms with E-state index in [1.54, 1.807) is 0 Å². The van der Waals surface area contributed by atoms with Gasteiger partial charge in [-0.1, -0.05) is 11.6 Å². The van der Waals surface area contributed by atoms with Crippen LogP contribution in [0.3, 0.4) is 0 Å². The maximum absolute atomic E-state index is 13.5. The number of halogens is 6. The summed E-state index contributed by atoms with van der Waals surface area (Å²) in [4.78, 5) is 37.7. The van der Waals surface area contributed by atoms with E-state index >= 15 is 0 Å². The van der Waals surface area contributed by atoms with Crippen LogP contribution in [0.25, 0.3) is 11.3 Å². The molecule has 2 aliphatic rings. The first-order chi connectivity index (χ1) is 19.3. The van der Waals surface area contributed by atoms with Crippen LogP contribution in [0.1, 0.15) is 26.7 Å². The highest BCUT2D eigenvalue weighted by Gasteiger charge is 2.53. The lowest BCUT2D eigenvalue weighted by atomic mass is 10.2. The van der Waals surface area contributed by atoms with Gasteiger partial charge in [0, 0.05) is 38.1 Å². The van der Waals surface area contributed by atoms with Crippen molar-refractivity contribution in [2.75, 3.05) is 18.4 Å². The highest BCUT2D eigenvalue weighted by Crippen LogP contribution is 2.42. The second-order valence-corrected chi connectivity index (χ2v) is 9.67.